The SMILES string of the molecule is CC(=O)c1ccccc1-c1ccc(Sc2ccc(C)cc2)cc1. The van der Waals surface area contributed by atoms with Gasteiger partial charge in [0.1, 0.15) is 0 Å². The van der Waals surface area contributed by atoms with Crippen molar-refractivity contribution in [3.8, 4) is 11.1 Å². The smallest absolute Gasteiger partial charge is 0.160 e. The maximum absolute atomic E-state index is 11.8. The van der Waals surface area contributed by atoms with Gasteiger partial charge in [0.2, 0.25) is 0 Å². The number of hydrogen-bond donors (Lipinski definition) is 0. The van der Waals surface area contributed by atoms with E-state index in [0.29, 0.717) is 0 Å². The first-order valence-corrected chi connectivity index (χ1v) is 8.40. The van der Waals surface area contributed by atoms with Gasteiger partial charge in [-0.15, -0.1) is 0 Å². The van der Waals surface area contributed by atoms with E-state index in [0.717, 1.165) is 16.7 Å². The molecule has 0 aromatic heterocycles. The molecule has 3 rings (SSSR count). The van der Waals surface area contributed by atoms with Crippen molar-refractivity contribution in [2.45, 2.75) is 23.6 Å². The van der Waals surface area contributed by atoms with E-state index < -0.39 is 0 Å². The van der Waals surface area contributed by atoms with E-state index in [1.807, 2.05) is 24.3 Å². The van der Waals surface area contributed by atoms with Gasteiger partial charge in [-0.25, -0.2) is 0 Å². The fraction of sp³-hybridized carbons (Fsp3) is 0.0952. The van der Waals surface area contributed by atoms with Crippen LogP contribution < -0.4 is 0 Å². The van der Waals surface area contributed by atoms with Crippen LogP contribution in [0, 0.1) is 6.92 Å². The normalized spacial score (nSPS) is 10.5. The summed E-state index contributed by atoms with van der Waals surface area (Å²) in [6.07, 6.45) is 0. The first kappa shape index (κ1) is 15.6. The van der Waals surface area contributed by atoms with Gasteiger partial charge in [-0.3, -0.25) is 4.79 Å². The van der Waals surface area contributed by atoms with Crippen LogP contribution in [0.5, 0.6) is 0 Å². The zero-order chi connectivity index (χ0) is 16.2. The van der Waals surface area contributed by atoms with Gasteiger partial charge in [-0.1, -0.05) is 65.9 Å². The van der Waals surface area contributed by atoms with Gasteiger partial charge in [0.15, 0.2) is 5.78 Å². The second kappa shape index (κ2) is 6.84. The summed E-state index contributed by atoms with van der Waals surface area (Å²) in [4.78, 5) is 14.2. The van der Waals surface area contributed by atoms with E-state index in [1.54, 1.807) is 18.7 Å². The van der Waals surface area contributed by atoms with Crippen LogP contribution in [0.15, 0.2) is 82.6 Å². The number of rotatable bonds is 4. The molecule has 2 heteroatoms. The average molecular weight is 318 g/mol. The minimum Gasteiger partial charge on any atom is -0.294 e. The topological polar surface area (TPSA) is 17.1 Å². The molecule has 0 amide bonds. The van der Waals surface area contributed by atoms with Crippen molar-refractivity contribution >= 4 is 17.5 Å². The lowest BCUT2D eigenvalue weighted by atomic mass is 9.98. The van der Waals surface area contributed by atoms with Crippen LogP contribution in [-0.4, -0.2) is 5.78 Å². The van der Waals surface area contributed by atoms with Gasteiger partial charge in [0.05, 0.1) is 0 Å². The molecular formula is C21H18OS. The minimum atomic E-state index is 0.0960. The molecule has 0 saturated carbocycles. The van der Waals surface area contributed by atoms with Gasteiger partial charge in [-0.2, -0.15) is 0 Å². The van der Waals surface area contributed by atoms with Gasteiger partial charge in [0, 0.05) is 15.4 Å². The summed E-state index contributed by atoms with van der Waals surface area (Å²) in [6.45, 7) is 3.70. The highest BCUT2D eigenvalue weighted by molar-refractivity contribution is 7.99. The number of carbonyl (C=O) groups is 1. The Morgan fingerprint density at radius 1 is 0.783 bits per heavy atom. The van der Waals surface area contributed by atoms with E-state index in [9.17, 15) is 4.79 Å². The quantitative estimate of drug-likeness (QED) is 0.547. The summed E-state index contributed by atoms with van der Waals surface area (Å²) in [7, 11) is 0. The van der Waals surface area contributed by atoms with Gasteiger partial charge < -0.3 is 0 Å². The summed E-state index contributed by atoms with van der Waals surface area (Å²) in [6, 6.07) is 24.7. The third kappa shape index (κ3) is 3.72. The summed E-state index contributed by atoms with van der Waals surface area (Å²) in [5.41, 5.74) is 4.10. The number of ketones is 1. The molecule has 0 radical (unpaired) electrons. The molecule has 3 aromatic rings. The molecule has 0 aliphatic heterocycles. The highest BCUT2D eigenvalue weighted by Crippen LogP contribution is 2.31. The Balaban J connectivity index is 1.85. The van der Waals surface area contributed by atoms with Gasteiger partial charge >= 0.3 is 0 Å². The summed E-state index contributed by atoms with van der Waals surface area (Å²) >= 11 is 1.74. The van der Waals surface area contributed by atoms with Crippen LogP contribution >= 0.6 is 11.8 Å². The lowest BCUT2D eigenvalue weighted by Crippen LogP contribution is -1.95. The minimum absolute atomic E-state index is 0.0960. The average Bonchev–Trinajstić information content (AvgIpc) is 2.58. The van der Waals surface area contributed by atoms with Crippen molar-refractivity contribution < 1.29 is 4.79 Å². The van der Waals surface area contributed by atoms with E-state index in [2.05, 4.69) is 55.5 Å². The molecule has 0 unspecified atom stereocenters. The molecule has 114 valence electrons. The molecule has 0 atom stereocenters. The number of Topliss-reactive ketones (excluding diaryl/α,β-unsaturated/α-hetero) is 1. The van der Waals surface area contributed by atoms with Gasteiger partial charge in [0.25, 0.3) is 0 Å². The van der Waals surface area contributed by atoms with Crippen LogP contribution in [0.1, 0.15) is 22.8 Å². The van der Waals surface area contributed by atoms with E-state index in [4.69, 9.17) is 0 Å². The molecule has 23 heavy (non-hydrogen) atoms. The maximum atomic E-state index is 11.8. The molecule has 0 bridgehead atoms. The Morgan fingerprint density at radius 3 is 1.96 bits per heavy atom. The Hall–Kier alpha value is -2.32. The van der Waals surface area contributed by atoms with Gasteiger partial charge in [-0.05, 0) is 49.2 Å². The van der Waals surface area contributed by atoms with Crippen LogP contribution in [0.25, 0.3) is 11.1 Å². The molecule has 0 heterocycles. The molecule has 0 aliphatic rings. The zero-order valence-corrected chi connectivity index (χ0v) is 14.1. The summed E-state index contributed by atoms with van der Waals surface area (Å²) < 4.78 is 0. The third-order valence-electron chi connectivity index (χ3n) is 3.73. The number of hydrogen-bond acceptors (Lipinski definition) is 2. The molecular weight excluding hydrogens is 300 g/mol. The standard InChI is InChI=1S/C21H18OS/c1-15-7-11-18(12-8-15)23-19-13-9-17(10-14-19)21-6-4-3-5-20(21)16(2)22/h3-14H,1-2H3. The van der Waals surface area contributed by atoms with E-state index in [1.165, 1.54) is 15.4 Å². The highest BCUT2D eigenvalue weighted by Gasteiger charge is 2.08. The van der Waals surface area contributed by atoms with Crippen LogP contribution in [0.3, 0.4) is 0 Å². The number of carbonyl (C=O) groups excluding carboxylic acids is 1. The molecule has 0 fully saturated rings. The van der Waals surface area contributed by atoms with Crippen molar-refractivity contribution in [1.29, 1.82) is 0 Å². The Kier molecular flexibility index (Phi) is 4.63. The number of aryl methyl sites for hydroxylation is 1. The molecule has 0 aliphatic carbocycles. The summed E-state index contributed by atoms with van der Waals surface area (Å²) in [5, 5.41) is 0. The van der Waals surface area contributed by atoms with E-state index >= 15 is 0 Å². The second-order valence-corrected chi connectivity index (χ2v) is 6.69. The van der Waals surface area contributed by atoms with E-state index in [-0.39, 0.29) is 5.78 Å². The Labute approximate surface area is 141 Å². The fourth-order valence-corrected chi connectivity index (χ4v) is 3.30. The van der Waals surface area contributed by atoms with Crippen molar-refractivity contribution in [1.82, 2.24) is 0 Å². The zero-order valence-electron chi connectivity index (χ0n) is 13.2. The predicted molar refractivity (Wildman–Crippen MR) is 97.2 cm³/mol. The predicted octanol–water partition coefficient (Wildman–Crippen LogP) is 6.02. The largest absolute Gasteiger partial charge is 0.294 e. The molecule has 0 saturated heterocycles. The maximum Gasteiger partial charge on any atom is 0.160 e. The molecule has 0 spiro atoms. The second-order valence-electron chi connectivity index (χ2n) is 5.54. The van der Waals surface area contributed by atoms with Crippen molar-refractivity contribution in [2.24, 2.45) is 0 Å². The first-order chi connectivity index (χ1) is 11.1. The van der Waals surface area contributed by atoms with Crippen molar-refractivity contribution in [3.05, 3.63) is 83.9 Å². The van der Waals surface area contributed by atoms with Crippen molar-refractivity contribution in [2.75, 3.05) is 0 Å². The lowest BCUT2D eigenvalue weighted by Gasteiger charge is -2.08. The molecule has 1 nitrogen and oxygen atoms in total. The van der Waals surface area contributed by atoms with Crippen molar-refractivity contribution in [3.63, 3.8) is 0 Å². The monoisotopic (exact) mass is 318 g/mol. The Morgan fingerprint density at radius 2 is 1.35 bits per heavy atom. The Bertz CT molecular complexity index is 817. The highest BCUT2D eigenvalue weighted by atomic mass is 32.2. The van der Waals surface area contributed by atoms with Crippen LogP contribution in [0.4, 0.5) is 0 Å². The summed E-state index contributed by atoms with van der Waals surface area (Å²) in [5.74, 6) is 0.0960. The van der Waals surface area contributed by atoms with Crippen LogP contribution in [0.2, 0.25) is 0 Å². The van der Waals surface area contributed by atoms with Crippen LogP contribution in [-0.2, 0) is 0 Å². The third-order valence-corrected chi connectivity index (χ3v) is 4.74. The number of benzene rings is 3. The lowest BCUT2D eigenvalue weighted by molar-refractivity contribution is 0.101. The molecule has 0 N–H and O–H groups in total. The molecule has 3 aromatic carbocycles. The first-order valence-electron chi connectivity index (χ1n) is 7.58. The fourth-order valence-electron chi connectivity index (χ4n) is 2.49.